The fraction of sp³-hybridized carbons (Fsp3) is 0.333. The van der Waals surface area contributed by atoms with Gasteiger partial charge in [-0.2, -0.15) is 4.31 Å². The Morgan fingerprint density at radius 1 is 1.00 bits per heavy atom. The van der Waals surface area contributed by atoms with Crippen LogP contribution in [0.5, 0.6) is 0 Å². The number of carbonyl (C=O) groups is 2. The Hall–Kier alpha value is -2.42. The molecule has 7 nitrogen and oxygen atoms in total. The van der Waals surface area contributed by atoms with Gasteiger partial charge >= 0.3 is 11.8 Å². The van der Waals surface area contributed by atoms with E-state index in [1.165, 1.54) is 4.31 Å². The smallest absolute Gasteiger partial charge is 0.313 e. The molecule has 2 aromatic rings. The molecule has 0 saturated carbocycles. The fourth-order valence-corrected chi connectivity index (χ4v) is 4.57. The van der Waals surface area contributed by atoms with Crippen LogP contribution in [0.1, 0.15) is 25.0 Å². The standard InChI is InChI=1S/C21H26ClN3O4S/c1-4-25(5-2)30(28,29)18-9-6-16(7-10-18)12-13-23-20(26)21(27)24-19-11-8-17(22)14-15(19)3/h6-11,14H,4-5,12-13H2,1-3H3,(H,23,26)(H,24,27). The molecule has 2 amide bonds. The van der Waals surface area contributed by atoms with E-state index in [1.807, 2.05) is 0 Å². The van der Waals surface area contributed by atoms with Gasteiger partial charge in [0.15, 0.2) is 0 Å². The van der Waals surface area contributed by atoms with E-state index in [-0.39, 0.29) is 11.4 Å². The lowest BCUT2D eigenvalue weighted by atomic mass is 10.1. The molecule has 2 aromatic carbocycles. The normalized spacial score (nSPS) is 11.4. The summed E-state index contributed by atoms with van der Waals surface area (Å²) in [6.45, 7) is 6.43. The topological polar surface area (TPSA) is 95.6 Å². The third kappa shape index (κ3) is 6.04. The highest BCUT2D eigenvalue weighted by molar-refractivity contribution is 7.89. The minimum atomic E-state index is -3.50. The second-order valence-electron chi connectivity index (χ2n) is 6.65. The molecule has 30 heavy (non-hydrogen) atoms. The highest BCUT2D eigenvalue weighted by Gasteiger charge is 2.21. The number of anilines is 1. The molecule has 0 aliphatic heterocycles. The number of sulfonamides is 1. The van der Waals surface area contributed by atoms with Crippen molar-refractivity contribution in [3.63, 3.8) is 0 Å². The number of nitrogens with zero attached hydrogens (tertiary/aromatic N) is 1. The summed E-state index contributed by atoms with van der Waals surface area (Å²) in [4.78, 5) is 24.3. The zero-order chi connectivity index (χ0) is 22.3. The molecule has 2 N–H and O–H groups in total. The summed E-state index contributed by atoms with van der Waals surface area (Å²) >= 11 is 5.88. The molecule has 0 atom stereocenters. The number of benzene rings is 2. The average molecular weight is 452 g/mol. The van der Waals surface area contributed by atoms with E-state index in [0.29, 0.717) is 30.2 Å². The number of amides is 2. The molecule has 0 saturated heterocycles. The molecule has 0 fully saturated rings. The van der Waals surface area contributed by atoms with Gasteiger partial charge in [-0.15, -0.1) is 0 Å². The summed E-state index contributed by atoms with van der Waals surface area (Å²) in [5.41, 5.74) is 2.12. The van der Waals surface area contributed by atoms with Gasteiger partial charge in [-0.3, -0.25) is 9.59 Å². The van der Waals surface area contributed by atoms with Crippen LogP contribution in [0.2, 0.25) is 5.02 Å². The molecule has 2 rings (SSSR count). The van der Waals surface area contributed by atoms with Crippen LogP contribution in [0.3, 0.4) is 0 Å². The van der Waals surface area contributed by atoms with Crippen LogP contribution in [0.25, 0.3) is 0 Å². The van der Waals surface area contributed by atoms with Crippen LogP contribution in [0.4, 0.5) is 5.69 Å². The largest absolute Gasteiger partial charge is 0.347 e. The van der Waals surface area contributed by atoms with Crippen LogP contribution in [0.15, 0.2) is 47.4 Å². The molecule has 0 heterocycles. The van der Waals surface area contributed by atoms with Crippen LogP contribution >= 0.6 is 11.6 Å². The predicted octanol–water partition coefficient (Wildman–Crippen LogP) is 2.98. The van der Waals surface area contributed by atoms with Gasteiger partial charge in [-0.25, -0.2) is 8.42 Å². The molecule has 0 aromatic heterocycles. The number of rotatable bonds is 8. The molecule has 0 radical (unpaired) electrons. The first kappa shape index (κ1) is 23.9. The second kappa shape index (κ2) is 10.6. The number of aryl methyl sites for hydroxylation is 1. The maximum absolute atomic E-state index is 12.5. The van der Waals surface area contributed by atoms with Crippen LogP contribution in [0, 0.1) is 6.92 Å². The molecular formula is C21H26ClN3O4S. The van der Waals surface area contributed by atoms with Crippen molar-refractivity contribution in [3.8, 4) is 0 Å². The highest BCUT2D eigenvalue weighted by Crippen LogP contribution is 2.19. The van der Waals surface area contributed by atoms with Crippen LogP contribution in [-0.2, 0) is 26.0 Å². The van der Waals surface area contributed by atoms with Gasteiger partial charge in [0.2, 0.25) is 10.0 Å². The first-order valence-electron chi connectivity index (χ1n) is 9.63. The molecule has 0 aliphatic carbocycles. The maximum atomic E-state index is 12.5. The third-order valence-electron chi connectivity index (χ3n) is 4.61. The zero-order valence-electron chi connectivity index (χ0n) is 17.2. The molecule has 0 unspecified atom stereocenters. The Bertz CT molecular complexity index is 1000. The summed E-state index contributed by atoms with van der Waals surface area (Å²) in [5.74, 6) is -1.51. The van der Waals surface area contributed by atoms with Crippen molar-refractivity contribution in [3.05, 3.63) is 58.6 Å². The van der Waals surface area contributed by atoms with Crippen molar-refractivity contribution >= 4 is 39.1 Å². The van der Waals surface area contributed by atoms with Crippen molar-refractivity contribution in [1.29, 1.82) is 0 Å². The van der Waals surface area contributed by atoms with Gasteiger partial charge in [0.1, 0.15) is 0 Å². The summed E-state index contributed by atoms with van der Waals surface area (Å²) in [6, 6.07) is 11.5. The van der Waals surface area contributed by atoms with Crippen molar-refractivity contribution in [2.75, 3.05) is 25.0 Å². The van der Waals surface area contributed by atoms with Crippen molar-refractivity contribution in [2.24, 2.45) is 0 Å². The summed E-state index contributed by atoms with van der Waals surface area (Å²) in [5, 5.41) is 5.66. The molecule has 0 spiro atoms. The number of halogens is 1. The Morgan fingerprint density at radius 3 is 2.20 bits per heavy atom. The van der Waals surface area contributed by atoms with Gasteiger partial charge in [-0.05, 0) is 54.8 Å². The SMILES string of the molecule is CCN(CC)S(=O)(=O)c1ccc(CCNC(=O)C(=O)Nc2ccc(Cl)cc2C)cc1. The Labute approximate surface area is 182 Å². The van der Waals surface area contributed by atoms with E-state index < -0.39 is 21.8 Å². The molecular weight excluding hydrogens is 426 g/mol. The van der Waals surface area contributed by atoms with E-state index in [2.05, 4.69) is 10.6 Å². The van der Waals surface area contributed by atoms with Gasteiger partial charge < -0.3 is 10.6 Å². The number of hydrogen-bond acceptors (Lipinski definition) is 4. The van der Waals surface area contributed by atoms with Gasteiger partial charge in [0, 0.05) is 30.3 Å². The average Bonchev–Trinajstić information content (AvgIpc) is 2.71. The lowest BCUT2D eigenvalue weighted by molar-refractivity contribution is -0.136. The summed E-state index contributed by atoms with van der Waals surface area (Å²) in [6.07, 6.45) is 0.463. The second-order valence-corrected chi connectivity index (χ2v) is 9.03. The van der Waals surface area contributed by atoms with Crippen LogP contribution < -0.4 is 10.6 Å². The van der Waals surface area contributed by atoms with E-state index in [4.69, 9.17) is 11.6 Å². The van der Waals surface area contributed by atoms with E-state index in [9.17, 15) is 18.0 Å². The minimum absolute atomic E-state index is 0.233. The van der Waals surface area contributed by atoms with E-state index >= 15 is 0 Å². The lowest BCUT2D eigenvalue weighted by Gasteiger charge is -2.18. The van der Waals surface area contributed by atoms with Crippen LogP contribution in [-0.4, -0.2) is 44.2 Å². The van der Waals surface area contributed by atoms with E-state index in [1.54, 1.807) is 63.2 Å². The number of hydrogen-bond donors (Lipinski definition) is 2. The van der Waals surface area contributed by atoms with Crippen molar-refractivity contribution < 1.29 is 18.0 Å². The zero-order valence-corrected chi connectivity index (χ0v) is 18.8. The first-order valence-corrected chi connectivity index (χ1v) is 11.4. The summed E-state index contributed by atoms with van der Waals surface area (Å²) < 4.78 is 26.4. The minimum Gasteiger partial charge on any atom is -0.347 e. The molecule has 162 valence electrons. The monoisotopic (exact) mass is 451 g/mol. The Morgan fingerprint density at radius 2 is 1.63 bits per heavy atom. The number of nitrogens with one attached hydrogen (secondary N) is 2. The predicted molar refractivity (Wildman–Crippen MR) is 118 cm³/mol. The molecule has 9 heteroatoms. The lowest BCUT2D eigenvalue weighted by Crippen LogP contribution is -2.36. The van der Waals surface area contributed by atoms with Gasteiger partial charge in [0.05, 0.1) is 4.90 Å². The molecule has 0 aliphatic rings. The fourth-order valence-electron chi connectivity index (χ4n) is 2.89. The highest BCUT2D eigenvalue weighted by atomic mass is 35.5. The first-order chi connectivity index (χ1) is 14.2. The van der Waals surface area contributed by atoms with Gasteiger partial charge in [-0.1, -0.05) is 37.6 Å². The third-order valence-corrected chi connectivity index (χ3v) is 6.91. The quantitative estimate of drug-likeness (QED) is 0.603. The summed E-state index contributed by atoms with van der Waals surface area (Å²) in [7, 11) is -3.50. The van der Waals surface area contributed by atoms with Gasteiger partial charge in [0.25, 0.3) is 0 Å². The van der Waals surface area contributed by atoms with Crippen molar-refractivity contribution in [2.45, 2.75) is 32.1 Å². The van der Waals surface area contributed by atoms with Crippen molar-refractivity contribution in [1.82, 2.24) is 9.62 Å². The molecule has 0 bridgehead atoms. The Balaban J connectivity index is 1.89. The Kier molecular flexibility index (Phi) is 8.40. The maximum Gasteiger partial charge on any atom is 0.313 e. The van der Waals surface area contributed by atoms with E-state index in [0.717, 1.165) is 11.1 Å². The number of carbonyl (C=O) groups excluding carboxylic acids is 2.